The molecule has 2 heterocycles. The van der Waals surface area contributed by atoms with Crippen LogP contribution in [-0.2, 0) is 19.2 Å². The number of carboxylic acid groups (broad SMARTS) is 1. The lowest BCUT2D eigenvalue weighted by molar-refractivity contribution is -0.145. The molecule has 0 radical (unpaired) electrons. The first-order valence-electron chi connectivity index (χ1n) is 7.92. The molecule has 0 aliphatic carbocycles. The van der Waals surface area contributed by atoms with Gasteiger partial charge >= 0.3 is 5.97 Å². The predicted molar refractivity (Wildman–Crippen MR) is 104 cm³/mol. The fourth-order valence-corrected chi connectivity index (χ4v) is 4.46. The zero-order valence-corrected chi connectivity index (χ0v) is 15.8. The molecular formula is C17H15N3O5S2. The summed E-state index contributed by atoms with van der Waals surface area (Å²) >= 11 is 6.09. The van der Waals surface area contributed by atoms with Gasteiger partial charge < -0.3 is 15.7 Å². The van der Waals surface area contributed by atoms with Crippen LogP contribution in [0.5, 0.6) is 0 Å². The highest BCUT2D eigenvalue weighted by Crippen LogP contribution is 2.44. The van der Waals surface area contributed by atoms with E-state index in [0.717, 1.165) is 16.7 Å². The van der Waals surface area contributed by atoms with Crippen LogP contribution in [0.25, 0.3) is 5.57 Å². The van der Waals surface area contributed by atoms with Crippen molar-refractivity contribution < 1.29 is 24.3 Å². The zero-order chi connectivity index (χ0) is 19.9. The van der Waals surface area contributed by atoms with E-state index >= 15 is 0 Å². The molecule has 0 bridgehead atoms. The van der Waals surface area contributed by atoms with Gasteiger partial charge in [-0.15, -0.1) is 0 Å². The molecule has 2 aliphatic rings. The van der Waals surface area contributed by atoms with Gasteiger partial charge in [0.05, 0.1) is 16.2 Å². The molecule has 3 N–H and O–H groups in total. The van der Waals surface area contributed by atoms with Crippen LogP contribution in [0.3, 0.4) is 0 Å². The van der Waals surface area contributed by atoms with Gasteiger partial charge in [0.25, 0.3) is 11.8 Å². The van der Waals surface area contributed by atoms with Crippen LogP contribution < -0.4 is 10.6 Å². The molecule has 2 aliphatic heterocycles. The van der Waals surface area contributed by atoms with Crippen molar-refractivity contribution in [3.05, 3.63) is 34.7 Å². The number of carbonyl (C=O) groups is 4. The number of hydrogen-bond acceptors (Lipinski definition) is 6. The first-order chi connectivity index (χ1) is 12.7. The van der Waals surface area contributed by atoms with E-state index in [2.05, 4.69) is 0 Å². The lowest BCUT2D eigenvalue weighted by Crippen LogP contribution is -2.44. The minimum Gasteiger partial charge on any atom is -0.480 e. The number of rotatable bonds is 5. The third-order valence-corrected chi connectivity index (χ3v) is 5.74. The Morgan fingerprint density at radius 3 is 2.56 bits per heavy atom. The number of thiocarbonyl (C=S) groups is 1. The summed E-state index contributed by atoms with van der Waals surface area (Å²) in [5, 5.41) is 9.48. The number of amides is 3. The van der Waals surface area contributed by atoms with Crippen molar-refractivity contribution >= 4 is 63.3 Å². The van der Waals surface area contributed by atoms with Crippen molar-refractivity contribution in [1.29, 1.82) is 0 Å². The van der Waals surface area contributed by atoms with Gasteiger partial charge in [0.2, 0.25) is 5.91 Å². The third-order valence-electron chi connectivity index (χ3n) is 4.34. The quantitative estimate of drug-likeness (QED) is 0.553. The minimum absolute atomic E-state index is 0.0270. The molecule has 0 saturated carbocycles. The molecule has 140 valence electrons. The average molecular weight is 405 g/mol. The summed E-state index contributed by atoms with van der Waals surface area (Å²) < 4.78 is 0.0270. The van der Waals surface area contributed by atoms with Crippen LogP contribution in [0.15, 0.2) is 29.2 Å². The highest BCUT2D eigenvalue weighted by atomic mass is 32.2. The average Bonchev–Trinajstić information content (AvgIpc) is 3.03. The Morgan fingerprint density at radius 2 is 1.93 bits per heavy atom. The van der Waals surface area contributed by atoms with E-state index in [9.17, 15) is 24.3 Å². The number of nitrogens with zero attached hydrogens (tertiary/aromatic N) is 2. The SMILES string of the molecule is CN1C(=O)/C(=C2\SC(=S)N(C(CCC(N)=O)C(=O)O)C2=O)c2ccccc21. The van der Waals surface area contributed by atoms with E-state index < -0.39 is 23.8 Å². The molecule has 10 heteroatoms. The Bertz CT molecular complexity index is 927. The number of anilines is 1. The van der Waals surface area contributed by atoms with Crippen molar-refractivity contribution in [2.45, 2.75) is 18.9 Å². The van der Waals surface area contributed by atoms with Crippen molar-refractivity contribution in [3.8, 4) is 0 Å². The Labute approximate surface area is 164 Å². The van der Waals surface area contributed by atoms with Crippen LogP contribution in [0.2, 0.25) is 0 Å². The third kappa shape index (κ3) is 3.21. The predicted octanol–water partition coefficient (Wildman–Crippen LogP) is 0.953. The number of nitrogens with two attached hydrogens (primary N) is 1. The molecule has 3 amide bonds. The number of benzene rings is 1. The Morgan fingerprint density at radius 1 is 1.26 bits per heavy atom. The van der Waals surface area contributed by atoms with Gasteiger partial charge in [-0.3, -0.25) is 19.3 Å². The molecular weight excluding hydrogens is 390 g/mol. The Hall–Kier alpha value is -2.72. The second-order valence-electron chi connectivity index (χ2n) is 5.99. The van der Waals surface area contributed by atoms with E-state index in [1.165, 1.54) is 4.90 Å². The van der Waals surface area contributed by atoms with E-state index in [1.54, 1.807) is 31.3 Å². The van der Waals surface area contributed by atoms with Gasteiger partial charge in [0, 0.05) is 19.0 Å². The van der Waals surface area contributed by atoms with E-state index in [1.807, 2.05) is 0 Å². The summed E-state index contributed by atoms with van der Waals surface area (Å²) in [6, 6.07) is 5.68. The summed E-state index contributed by atoms with van der Waals surface area (Å²) in [4.78, 5) is 50.8. The lowest BCUT2D eigenvalue weighted by atomic mass is 10.1. The molecule has 3 rings (SSSR count). The van der Waals surface area contributed by atoms with E-state index in [-0.39, 0.29) is 33.5 Å². The van der Waals surface area contributed by atoms with Crippen molar-refractivity contribution in [2.24, 2.45) is 5.73 Å². The molecule has 8 nitrogen and oxygen atoms in total. The number of aliphatic carboxylic acids is 1. The maximum absolute atomic E-state index is 13.0. The van der Waals surface area contributed by atoms with Crippen LogP contribution >= 0.6 is 24.0 Å². The number of thioether (sulfide) groups is 1. The van der Waals surface area contributed by atoms with Crippen LogP contribution in [0, 0.1) is 0 Å². The van der Waals surface area contributed by atoms with Crippen molar-refractivity contribution in [1.82, 2.24) is 4.90 Å². The first-order valence-corrected chi connectivity index (χ1v) is 9.14. The molecule has 0 aromatic heterocycles. The molecule has 1 fully saturated rings. The first kappa shape index (κ1) is 19.1. The highest BCUT2D eigenvalue weighted by Gasteiger charge is 2.45. The van der Waals surface area contributed by atoms with E-state index in [4.69, 9.17) is 18.0 Å². The molecule has 1 saturated heterocycles. The number of fused-ring (bicyclic) bond motifs is 1. The Balaban J connectivity index is 2.03. The summed E-state index contributed by atoms with van der Waals surface area (Å²) in [6.07, 6.45) is -0.366. The standard InChI is InChI=1S/C17H15N3O5S2/c1-19-9-5-3-2-4-8(9)12(14(19)22)13-15(23)20(17(26)27-13)10(16(24)25)6-7-11(18)21/h2-5,10H,6-7H2,1H3,(H2,18,21)(H,24,25)/b13-12-. The number of primary amides is 1. The van der Waals surface area contributed by atoms with Crippen molar-refractivity contribution in [2.75, 3.05) is 11.9 Å². The smallest absolute Gasteiger partial charge is 0.326 e. The normalized spacial score (nSPS) is 20.3. The molecule has 1 aromatic carbocycles. The van der Waals surface area contributed by atoms with Gasteiger partial charge in [0.15, 0.2) is 0 Å². The summed E-state index contributed by atoms with van der Waals surface area (Å²) in [6.45, 7) is 0. The zero-order valence-electron chi connectivity index (χ0n) is 14.2. The summed E-state index contributed by atoms with van der Waals surface area (Å²) in [7, 11) is 1.60. The Kier molecular flexibility index (Phi) is 5.03. The van der Waals surface area contributed by atoms with Gasteiger partial charge in [0.1, 0.15) is 10.4 Å². The second-order valence-corrected chi connectivity index (χ2v) is 7.63. The maximum atomic E-state index is 13.0. The molecule has 1 aromatic rings. The van der Waals surface area contributed by atoms with Gasteiger partial charge in [-0.1, -0.05) is 42.2 Å². The van der Waals surface area contributed by atoms with Gasteiger partial charge in [-0.05, 0) is 12.5 Å². The minimum atomic E-state index is -1.33. The topological polar surface area (TPSA) is 121 Å². The maximum Gasteiger partial charge on any atom is 0.326 e. The number of para-hydroxylation sites is 1. The van der Waals surface area contributed by atoms with Crippen molar-refractivity contribution in [3.63, 3.8) is 0 Å². The summed E-state index contributed by atoms with van der Waals surface area (Å²) in [5.74, 6) is -2.99. The van der Waals surface area contributed by atoms with Crippen LogP contribution in [0.4, 0.5) is 5.69 Å². The van der Waals surface area contributed by atoms with E-state index in [0.29, 0.717) is 11.3 Å². The lowest BCUT2D eigenvalue weighted by Gasteiger charge is -2.22. The van der Waals surface area contributed by atoms with Crippen LogP contribution in [0.1, 0.15) is 18.4 Å². The van der Waals surface area contributed by atoms with Gasteiger partial charge in [-0.25, -0.2) is 4.79 Å². The number of carboxylic acids is 1. The number of hydrogen-bond donors (Lipinski definition) is 2. The number of carbonyl (C=O) groups excluding carboxylic acids is 3. The number of likely N-dealkylation sites (N-methyl/N-ethyl adjacent to an activating group) is 1. The molecule has 1 unspecified atom stereocenters. The molecule has 27 heavy (non-hydrogen) atoms. The highest BCUT2D eigenvalue weighted by molar-refractivity contribution is 8.26. The largest absolute Gasteiger partial charge is 0.480 e. The molecule has 1 atom stereocenters. The monoisotopic (exact) mass is 405 g/mol. The summed E-state index contributed by atoms with van der Waals surface area (Å²) in [5.41, 5.74) is 6.54. The fourth-order valence-electron chi connectivity index (χ4n) is 3.03. The van der Waals surface area contributed by atoms with Crippen LogP contribution in [-0.4, -0.2) is 51.1 Å². The molecule has 0 spiro atoms. The second kappa shape index (κ2) is 7.12. The fraction of sp³-hybridized carbons (Fsp3) is 0.235. The van der Waals surface area contributed by atoms with Gasteiger partial charge in [-0.2, -0.15) is 0 Å².